The number of pyridine rings is 1. The molecule has 106 valence electrons. The normalized spacial score (nSPS) is 12.2. The lowest BCUT2D eigenvalue weighted by atomic mass is 9.97. The molecule has 0 bridgehead atoms. The van der Waals surface area contributed by atoms with E-state index in [1.807, 2.05) is 26.1 Å². The Hall–Kier alpha value is -1.87. The van der Waals surface area contributed by atoms with Crippen molar-refractivity contribution in [3.8, 4) is 5.75 Å². The molecular formula is C17H22N2O. The van der Waals surface area contributed by atoms with E-state index in [9.17, 15) is 0 Å². The lowest BCUT2D eigenvalue weighted by Crippen LogP contribution is -2.20. The molecule has 20 heavy (non-hydrogen) atoms. The van der Waals surface area contributed by atoms with E-state index in [4.69, 9.17) is 4.74 Å². The van der Waals surface area contributed by atoms with Gasteiger partial charge in [0, 0.05) is 17.4 Å². The summed E-state index contributed by atoms with van der Waals surface area (Å²) in [6, 6.07) is 12.7. The van der Waals surface area contributed by atoms with E-state index in [0.717, 1.165) is 23.6 Å². The van der Waals surface area contributed by atoms with Crippen molar-refractivity contribution in [3.63, 3.8) is 0 Å². The van der Waals surface area contributed by atoms with Gasteiger partial charge in [-0.3, -0.25) is 4.98 Å². The van der Waals surface area contributed by atoms with Crippen molar-refractivity contribution in [3.05, 3.63) is 58.9 Å². The van der Waals surface area contributed by atoms with Gasteiger partial charge in [-0.1, -0.05) is 18.2 Å². The van der Waals surface area contributed by atoms with Crippen LogP contribution >= 0.6 is 0 Å². The van der Waals surface area contributed by atoms with E-state index in [-0.39, 0.29) is 6.04 Å². The number of nitrogens with zero attached hydrogens (tertiary/aromatic N) is 1. The van der Waals surface area contributed by atoms with Gasteiger partial charge in [0.05, 0.1) is 7.11 Å². The minimum absolute atomic E-state index is 0.259. The van der Waals surface area contributed by atoms with Gasteiger partial charge in [0.25, 0.3) is 0 Å². The molecule has 1 atom stereocenters. The number of nitrogens with one attached hydrogen (secondary N) is 1. The molecule has 0 aliphatic heterocycles. The van der Waals surface area contributed by atoms with Gasteiger partial charge in [0.15, 0.2) is 0 Å². The summed E-state index contributed by atoms with van der Waals surface area (Å²) in [5, 5.41) is 3.38. The Balaban J connectivity index is 2.23. The maximum Gasteiger partial charge on any atom is 0.119 e. The van der Waals surface area contributed by atoms with Gasteiger partial charge in [-0.25, -0.2) is 0 Å². The zero-order chi connectivity index (χ0) is 14.5. The third-order valence-corrected chi connectivity index (χ3v) is 3.56. The highest BCUT2D eigenvalue weighted by molar-refractivity contribution is 5.32. The van der Waals surface area contributed by atoms with E-state index < -0.39 is 0 Å². The van der Waals surface area contributed by atoms with Crippen LogP contribution in [-0.2, 0) is 6.42 Å². The van der Waals surface area contributed by atoms with Crippen molar-refractivity contribution in [2.75, 3.05) is 14.2 Å². The van der Waals surface area contributed by atoms with Gasteiger partial charge in [0.1, 0.15) is 5.75 Å². The lowest BCUT2D eigenvalue weighted by molar-refractivity contribution is 0.414. The van der Waals surface area contributed by atoms with Crippen molar-refractivity contribution < 1.29 is 4.74 Å². The molecule has 3 nitrogen and oxygen atoms in total. The summed E-state index contributed by atoms with van der Waals surface area (Å²) >= 11 is 0. The first-order valence-corrected chi connectivity index (χ1v) is 6.88. The largest absolute Gasteiger partial charge is 0.497 e. The lowest BCUT2D eigenvalue weighted by Gasteiger charge is -2.19. The minimum Gasteiger partial charge on any atom is -0.497 e. The number of hydrogen-bond donors (Lipinski definition) is 1. The van der Waals surface area contributed by atoms with Gasteiger partial charge in [-0.2, -0.15) is 0 Å². The van der Waals surface area contributed by atoms with Crippen LogP contribution in [0.1, 0.15) is 28.6 Å². The molecule has 0 aliphatic rings. The van der Waals surface area contributed by atoms with Crippen LogP contribution in [0.5, 0.6) is 5.75 Å². The summed E-state index contributed by atoms with van der Waals surface area (Å²) in [6.45, 7) is 4.09. The summed E-state index contributed by atoms with van der Waals surface area (Å²) in [5.74, 6) is 0.899. The zero-order valence-corrected chi connectivity index (χ0v) is 12.6. The standard InChI is InChI=1S/C17H22N2O/c1-12-8-9-16(13(2)19-12)17(18-3)11-14-6-5-7-15(10-14)20-4/h5-10,17-18H,11H2,1-4H3. The van der Waals surface area contributed by atoms with Crippen molar-refractivity contribution in [2.45, 2.75) is 26.3 Å². The quantitative estimate of drug-likeness (QED) is 0.906. The van der Waals surface area contributed by atoms with Crippen LogP contribution in [-0.4, -0.2) is 19.1 Å². The average molecular weight is 270 g/mol. The van der Waals surface area contributed by atoms with Crippen LogP contribution < -0.4 is 10.1 Å². The predicted molar refractivity (Wildman–Crippen MR) is 82.2 cm³/mol. The van der Waals surface area contributed by atoms with Gasteiger partial charge in [-0.15, -0.1) is 0 Å². The van der Waals surface area contributed by atoms with Crippen LogP contribution in [0.15, 0.2) is 36.4 Å². The molecule has 0 saturated heterocycles. The van der Waals surface area contributed by atoms with Crippen LogP contribution in [0, 0.1) is 13.8 Å². The fourth-order valence-corrected chi connectivity index (χ4v) is 2.47. The maximum absolute atomic E-state index is 5.28. The fraction of sp³-hybridized carbons (Fsp3) is 0.353. The molecule has 1 aromatic heterocycles. The highest BCUT2D eigenvalue weighted by Gasteiger charge is 2.13. The first-order valence-electron chi connectivity index (χ1n) is 6.88. The molecule has 1 heterocycles. The minimum atomic E-state index is 0.259. The topological polar surface area (TPSA) is 34.1 Å². The van der Waals surface area contributed by atoms with Gasteiger partial charge in [-0.05, 0) is 56.6 Å². The molecule has 0 saturated carbocycles. The molecule has 0 radical (unpaired) electrons. The first kappa shape index (κ1) is 14.5. The Morgan fingerprint density at radius 3 is 2.65 bits per heavy atom. The summed E-state index contributed by atoms with van der Waals surface area (Å²) in [5.41, 5.74) is 4.65. The average Bonchev–Trinajstić information content (AvgIpc) is 2.45. The number of aromatic nitrogens is 1. The van der Waals surface area contributed by atoms with E-state index >= 15 is 0 Å². The number of likely N-dealkylation sites (N-methyl/N-ethyl adjacent to an activating group) is 1. The van der Waals surface area contributed by atoms with Crippen molar-refractivity contribution in [2.24, 2.45) is 0 Å². The van der Waals surface area contributed by atoms with Gasteiger partial charge >= 0.3 is 0 Å². The Labute approximate surface area is 121 Å². The van der Waals surface area contributed by atoms with Crippen LogP contribution in [0.4, 0.5) is 0 Å². The summed E-state index contributed by atoms with van der Waals surface area (Å²) in [7, 11) is 3.69. The molecular weight excluding hydrogens is 248 g/mol. The highest BCUT2D eigenvalue weighted by Crippen LogP contribution is 2.22. The number of hydrogen-bond acceptors (Lipinski definition) is 3. The second-order valence-electron chi connectivity index (χ2n) is 5.02. The predicted octanol–water partition coefficient (Wildman–Crippen LogP) is 3.21. The van der Waals surface area contributed by atoms with Gasteiger partial charge < -0.3 is 10.1 Å². The molecule has 0 fully saturated rings. The SMILES string of the molecule is CNC(Cc1cccc(OC)c1)c1ccc(C)nc1C. The van der Waals surface area contributed by atoms with E-state index in [1.165, 1.54) is 11.1 Å². The number of ether oxygens (including phenoxy) is 1. The third kappa shape index (κ3) is 3.36. The summed E-state index contributed by atoms with van der Waals surface area (Å²) in [6.07, 6.45) is 0.916. The summed E-state index contributed by atoms with van der Waals surface area (Å²) < 4.78 is 5.28. The third-order valence-electron chi connectivity index (χ3n) is 3.56. The van der Waals surface area contributed by atoms with E-state index in [1.54, 1.807) is 7.11 Å². The second-order valence-corrected chi connectivity index (χ2v) is 5.02. The number of rotatable bonds is 5. The molecule has 3 heteroatoms. The Kier molecular flexibility index (Phi) is 4.74. The van der Waals surface area contributed by atoms with E-state index in [0.29, 0.717) is 0 Å². The Morgan fingerprint density at radius 1 is 1.20 bits per heavy atom. The molecule has 1 unspecified atom stereocenters. The van der Waals surface area contributed by atoms with Crippen LogP contribution in [0.3, 0.4) is 0 Å². The smallest absolute Gasteiger partial charge is 0.119 e. The number of methoxy groups -OCH3 is 1. The number of benzene rings is 1. The van der Waals surface area contributed by atoms with Gasteiger partial charge in [0.2, 0.25) is 0 Å². The summed E-state index contributed by atoms with van der Waals surface area (Å²) in [4.78, 5) is 4.55. The molecule has 0 aliphatic carbocycles. The monoisotopic (exact) mass is 270 g/mol. The zero-order valence-electron chi connectivity index (χ0n) is 12.6. The molecule has 0 amide bonds. The molecule has 1 aromatic carbocycles. The molecule has 2 aromatic rings. The maximum atomic E-state index is 5.28. The highest BCUT2D eigenvalue weighted by atomic mass is 16.5. The second kappa shape index (κ2) is 6.53. The van der Waals surface area contributed by atoms with Crippen molar-refractivity contribution >= 4 is 0 Å². The Morgan fingerprint density at radius 2 is 2.00 bits per heavy atom. The molecule has 0 spiro atoms. The van der Waals surface area contributed by atoms with Crippen molar-refractivity contribution in [1.82, 2.24) is 10.3 Å². The first-order chi connectivity index (χ1) is 9.63. The number of aryl methyl sites for hydroxylation is 2. The molecule has 1 N–H and O–H groups in total. The molecule has 2 rings (SSSR count). The van der Waals surface area contributed by atoms with E-state index in [2.05, 4.69) is 41.5 Å². The van der Waals surface area contributed by atoms with Crippen LogP contribution in [0.25, 0.3) is 0 Å². The van der Waals surface area contributed by atoms with Crippen molar-refractivity contribution in [1.29, 1.82) is 0 Å². The Bertz CT molecular complexity index is 581. The van der Waals surface area contributed by atoms with Crippen LogP contribution in [0.2, 0.25) is 0 Å². The fourth-order valence-electron chi connectivity index (χ4n) is 2.47.